The van der Waals surface area contributed by atoms with E-state index in [0.29, 0.717) is 19.3 Å². The van der Waals surface area contributed by atoms with Crippen LogP contribution < -0.4 is 5.73 Å². The largest absolute Gasteiger partial charge is 0.328 e. The Hall–Kier alpha value is -0.160. The van der Waals surface area contributed by atoms with Gasteiger partial charge in [0.15, 0.2) is 0 Å². The van der Waals surface area contributed by atoms with E-state index < -0.39 is 15.5 Å². The summed E-state index contributed by atoms with van der Waals surface area (Å²) in [5.74, 6) is -0.0732. The zero-order valence-electron chi connectivity index (χ0n) is 7.79. The fourth-order valence-electron chi connectivity index (χ4n) is 1.71. The molecule has 0 aromatic carbocycles. The van der Waals surface area contributed by atoms with Crippen molar-refractivity contribution in [2.75, 3.05) is 12.0 Å². The van der Waals surface area contributed by atoms with E-state index in [-0.39, 0.29) is 18.2 Å². The van der Waals surface area contributed by atoms with Crippen LogP contribution in [0.1, 0.15) is 25.7 Å². The molecule has 0 spiro atoms. The van der Waals surface area contributed by atoms with Crippen LogP contribution in [0.25, 0.3) is 0 Å². The molecule has 1 saturated carbocycles. The molecule has 78 valence electrons. The van der Waals surface area contributed by atoms with Crippen LogP contribution in [0.5, 0.6) is 0 Å². The van der Waals surface area contributed by atoms with Crippen molar-refractivity contribution >= 4 is 9.84 Å². The summed E-state index contributed by atoms with van der Waals surface area (Å²) < 4.78 is 35.4. The van der Waals surface area contributed by atoms with Gasteiger partial charge in [0.2, 0.25) is 0 Å². The minimum atomic E-state index is -3.05. The molecular formula is C8H16FNO2S. The molecule has 0 bridgehead atoms. The van der Waals surface area contributed by atoms with E-state index >= 15 is 0 Å². The third kappa shape index (κ3) is 3.60. The highest BCUT2D eigenvalue weighted by molar-refractivity contribution is 7.90. The van der Waals surface area contributed by atoms with Gasteiger partial charge in [-0.2, -0.15) is 0 Å². The van der Waals surface area contributed by atoms with Crippen LogP contribution in [-0.4, -0.2) is 32.1 Å². The molecule has 0 heterocycles. The van der Waals surface area contributed by atoms with Gasteiger partial charge in [-0.15, -0.1) is 0 Å². The maximum Gasteiger partial charge on any atom is 0.147 e. The molecule has 0 saturated heterocycles. The molecule has 1 aliphatic carbocycles. The molecule has 2 atom stereocenters. The first kappa shape index (κ1) is 10.9. The van der Waals surface area contributed by atoms with Gasteiger partial charge in [0, 0.05) is 12.3 Å². The second-order valence-electron chi connectivity index (χ2n) is 4.03. The van der Waals surface area contributed by atoms with Crippen molar-refractivity contribution in [3.05, 3.63) is 0 Å². The zero-order valence-corrected chi connectivity index (χ0v) is 8.61. The molecule has 1 rings (SSSR count). The van der Waals surface area contributed by atoms with E-state index in [1.807, 2.05) is 0 Å². The summed E-state index contributed by atoms with van der Waals surface area (Å²) in [5.41, 5.74) is 4.23. The summed E-state index contributed by atoms with van der Waals surface area (Å²) >= 11 is 0. The summed E-state index contributed by atoms with van der Waals surface area (Å²) in [6.45, 7) is 0. The van der Waals surface area contributed by atoms with E-state index in [4.69, 9.17) is 5.73 Å². The molecule has 3 nitrogen and oxygen atoms in total. The van der Waals surface area contributed by atoms with E-state index in [1.165, 1.54) is 0 Å². The molecule has 5 heteroatoms. The zero-order chi connectivity index (χ0) is 10.1. The first-order valence-corrected chi connectivity index (χ1v) is 6.49. The van der Waals surface area contributed by atoms with Crippen LogP contribution in [0.2, 0.25) is 0 Å². The van der Waals surface area contributed by atoms with Crippen LogP contribution in [0.15, 0.2) is 0 Å². The molecule has 0 amide bonds. The van der Waals surface area contributed by atoms with Gasteiger partial charge in [-0.05, 0) is 25.7 Å². The Balaban J connectivity index is 2.45. The van der Waals surface area contributed by atoms with Gasteiger partial charge in [-0.1, -0.05) is 0 Å². The minimum Gasteiger partial charge on any atom is -0.328 e. The highest BCUT2D eigenvalue weighted by Gasteiger charge is 2.38. The molecule has 0 aromatic heterocycles. The van der Waals surface area contributed by atoms with E-state index in [0.717, 1.165) is 6.26 Å². The fraction of sp³-hybridized carbons (Fsp3) is 1.00. The Labute approximate surface area is 78.4 Å². The number of sulfone groups is 1. The fourth-order valence-corrected chi connectivity index (χ4v) is 2.45. The highest BCUT2D eigenvalue weighted by atomic mass is 32.2. The van der Waals surface area contributed by atoms with Gasteiger partial charge in [-0.25, -0.2) is 12.8 Å². The van der Waals surface area contributed by atoms with Crippen molar-refractivity contribution in [3.63, 3.8) is 0 Å². The Morgan fingerprint density at radius 3 is 2.62 bits per heavy atom. The van der Waals surface area contributed by atoms with Crippen LogP contribution in [0.4, 0.5) is 4.39 Å². The number of halogens is 1. The average Bonchev–Trinajstić information content (AvgIpc) is 2.27. The lowest BCUT2D eigenvalue weighted by Crippen LogP contribution is -2.26. The molecule has 2 N–H and O–H groups in total. The van der Waals surface area contributed by atoms with Crippen molar-refractivity contribution < 1.29 is 12.8 Å². The third-order valence-corrected chi connectivity index (χ3v) is 3.46. The second-order valence-corrected chi connectivity index (χ2v) is 6.29. The summed E-state index contributed by atoms with van der Waals surface area (Å²) in [5, 5.41) is 0. The predicted octanol–water partition coefficient (Wildman–Crippen LogP) is 0.641. The minimum absolute atomic E-state index is 0.0732. The van der Waals surface area contributed by atoms with Gasteiger partial charge >= 0.3 is 0 Å². The van der Waals surface area contributed by atoms with E-state index in [2.05, 4.69) is 0 Å². The first-order chi connectivity index (χ1) is 5.81. The first-order valence-electron chi connectivity index (χ1n) is 4.43. The molecule has 1 aliphatic rings. The van der Waals surface area contributed by atoms with Gasteiger partial charge in [0.05, 0.1) is 5.75 Å². The van der Waals surface area contributed by atoms with E-state index in [9.17, 15) is 12.8 Å². The van der Waals surface area contributed by atoms with Gasteiger partial charge in [0.25, 0.3) is 0 Å². The molecule has 13 heavy (non-hydrogen) atoms. The van der Waals surface area contributed by atoms with Crippen LogP contribution >= 0.6 is 0 Å². The van der Waals surface area contributed by atoms with Crippen molar-refractivity contribution in [1.29, 1.82) is 0 Å². The summed E-state index contributed by atoms with van der Waals surface area (Å²) in [6, 6.07) is -0.0930. The lowest BCUT2D eigenvalue weighted by molar-refractivity contribution is 0.165. The standard InChI is InChI=1S/C8H16FNO2S/c1-13(11,12)5-4-8(9)3-2-7(10)6-8/h7H,2-6,10H2,1H3. The van der Waals surface area contributed by atoms with Crippen LogP contribution in [0, 0.1) is 0 Å². The third-order valence-electron chi connectivity index (χ3n) is 2.51. The van der Waals surface area contributed by atoms with Crippen molar-refractivity contribution in [2.24, 2.45) is 5.73 Å². The van der Waals surface area contributed by atoms with Gasteiger partial charge in [0.1, 0.15) is 15.5 Å². The number of hydrogen-bond donors (Lipinski definition) is 1. The molecule has 1 fully saturated rings. The maximum atomic E-state index is 13.7. The quantitative estimate of drug-likeness (QED) is 0.742. The van der Waals surface area contributed by atoms with Crippen LogP contribution in [0.3, 0.4) is 0 Å². The van der Waals surface area contributed by atoms with Crippen molar-refractivity contribution in [1.82, 2.24) is 0 Å². The average molecular weight is 209 g/mol. The molecule has 0 aromatic rings. The van der Waals surface area contributed by atoms with Crippen LogP contribution in [-0.2, 0) is 9.84 Å². The Morgan fingerprint density at radius 2 is 2.23 bits per heavy atom. The second kappa shape index (κ2) is 3.53. The predicted molar refractivity (Wildman–Crippen MR) is 50.0 cm³/mol. The summed E-state index contributed by atoms with van der Waals surface area (Å²) in [4.78, 5) is 0. The number of alkyl halides is 1. The summed E-state index contributed by atoms with van der Waals surface area (Å²) in [7, 11) is -3.05. The molecule has 0 radical (unpaired) electrons. The lowest BCUT2D eigenvalue weighted by atomic mass is 10.0. The smallest absolute Gasteiger partial charge is 0.147 e. The number of rotatable bonds is 3. The Kier molecular flexibility index (Phi) is 2.97. The van der Waals surface area contributed by atoms with Crippen molar-refractivity contribution in [3.8, 4) is 0 Å². The van der Waals surface area contributed by atoms with E-state index in [1.54, 1.807) is 0 Å². The Bertz CT molecular complexity index is 278. The number of nitrogens with two attached hydrogens (primary N) is 1. The SMILES string of the molecule is CS(=O)(=O)CCC1(F)CCC(N)C1. The normalized spacial score (nSPS) is 35.2. The monoisotopic (exact) mass is 209 g/mol. The summed E-state index contributed by atoms with van der Waals surface area (Å²) in [6.07, 6.45) is 2.61. The molecular weight excluding hydrogens is 193 g/mol. The van der Waals surface area contributed by atoms with Gasteiger partial charge in [-0.3, -0.25) is 0 Å². The topological polar surface area (TPSA) is 60.2 Å². The van der Waals surface area contributed by atoms with Crippen molar-refractivity contribution in [2.45, 2.75) is 37.4 Å². The highest BCUT2D eigenvalue weighted by Crippen LogP contribution is 2.35. The molecule has 0 aliphatic heterocycles. The lowest BCUT2D eigenvalue weighted by Gasteiger charge is -2.18. The number of hydrogen-bond acceptors (Lipinski definition) is 3. The molecule has 2 unspecified atom stereocenters. The Morgan fingerprint density at radius 1 is 1.62 bits per heavy atom. The van der Waals surface area contributed by atoms with Gasteiger partial charge < -0.3 is 5.73 Å². The maximum absolute atomic E-state index is 13.7.